The normalized spacial score (nSPS) is 14.5. The van der Waals surface area contributed by atoms with Crippen LogP contribution in [-0.4, -0.2) is 22.2 Å². The standard InChI is InChI=1S/C9H14F2O2/c1-8(2,10)6(12)5-7(13)9(3,4)11/h5,12H,1-4H3/b6-5-. The summed E-state index contributed by atoms with van der Waals surface area (Å²) >= 11 is 0. The molecule has 1 N–H and O–H groups in total. The van der Waals surface area contributed by atoms with Gasteiger partial charge >= 0.3 is 0 Å². The molecule has 0 bridgehead atoms. The maximum atomic E-state index is 12.9. The minimum Gasteiger partial charge on any atom is -0.509 e. The van der Waals surface area contributed by atoms with Crippen LogP contribution in [0.4, 0.5) is 8.78 Å². The highest BCUT2D eigenvalue weighted by Gasteiger charge is 2.28. The molecule has 0 saturated carbocycles. The molecule has 0 spiro atoms. The molecule has 0 radical (unpaired) electrons. The second-order valence-corrected chi connectivity index (χ2v) is 3.84. The molecule has 0 aromatic heterocycles. The quantitative estimate of drug-likeness (QED) is 0.551. The highest BCUT2D eigenvalue weighted by atomic mass is 19.1. The Morgan fingerprint density at radius 1 is 1.15 bits per heavy atom. The zero-order chi connectivity index (χ0) is 10.9. The number of aliphatic hydroxyl groups excluding tert-OH is 1. The summed E-state index contributed by atoms with van der Waals surface area (Å²) in [6.45, 7) is 4.25. The Hall–Kier alpha value is -0.930. The van der Waals surface area contributed by atoms with Gasteiger partial charge in [-0.05, 0) is 27.7 Å². The van der Waals surface area contributed by atoms with E-state index in [0.29, 0.717) is 6.08 Å². The molecule has 4 heteroatoms. The van der Waals surface area contributed by atoms with E-state index in [2.05, 4.69) is 0 Å². The van der Waals surface area contributed by atoms with Gasteiger partial charge in [0.15, 0.2) is 17.1 Å². The molecule has 0 aliphatic heterocycles. The predicted molar refractivity (Wildman–Crippen MR) is 46.1 cm³/mol. The number of hydrogen-bond acceptors (Lipinski definition) is 2. The molecule has 0 heterocycles. The second kappa shape index (κ2) is 3.44. The topological polar surface area (TPSA) is 37.3 Å². The van der Waals surface area contributed by atoms with Crippen LogP contribution in [0, 0.1) is 0 Å². The van der Waals surface area contributed by atoms with E-state index in [1.54, 1.807) is 0 Å². The van der Waals surface area contributed by atoms with E-state index in [1.165, 1.54) is 0 Å². The first-order valence-corrected chi connectivity index (χ1v) is 3.88. The maximum absolute atomic E-state index is 12.9. The lowest BCUT2D eigenvalue weighted by atomic mass is 10.0. The van der Waals surface area contributed by atoms with Crippen LogP contribution in [0.25, 0.3) is 0 Å². The molecule has 0 atom stereocenters. The molecule has 0 aromatic rings. The molecule has 0 amide bonds. The van der Waals surface area contributed by atoms with Crippen LogP contribution in [0.1, 0.15) is 27.7 Å². The monoisotopic (exact) mass is 192 g/mol. The van der Waals surface area contributed by atoms with Crippen molar-refractivity contribution in [3.05, 3.63) is 11.8 Å². The Bertz CT molecular complexity index is 231. The van der Waals surface area contributed by atoms with Gasteiger partial charge in [0.2, 0.25) is 0 Å². The van der Waals surface area contributed by atoms with E-state index in [4.69, 9.17) is 5.11 Å². The highest BCUT2D eigenvalue weighted by Crippen LogP contribution is 2.20. The van der Waals surface area contributed by atoms with E-state index in [9.17, 15) is 13.6 Å². The van der Waals surface area contributed by atoms with Gasteiger partial charge in [-0.15, -0.1) is 0 Å². The van der Waals surface area contributed by atoms with Crippen LogP contribution < -0.4 is 0 Å². The molecule has 13 heavy (non-hydrogen) atoms. The summed E-state index contributed by atoms with van der Waals surface area (Å²) in [7, 11) is 0. The Balaban J connectivity index is 4.70. The first kappa shape index (κ1) is 12.1. The number of allylic oxidation sites excluding steroid dienone is 2. The van der Waals surface area contributed by atoms with Gasteiger partial charge < -0.3 is 5.11 Å². The van der Waals surface area contributed by atoms with E-state index in [0.717, 1.165) is 27.7 Å². The van der Waals surface area contributed by atoms with Crippen LogP contribution in [0.15, 0.2) is 11.8 Å². The zero-order valence-corrected chi connectivity index (χ0v) is 8.19. The highest BCUT2D eigenvalue weighted by molar-refractivity contribution is 5.96. The molecule has 0 unspecified atom stereocenters. The van der Waals surface area contributed by atoms with Crippen molar-refractivity contribution in [2.24, 2.45) is 0 Å². The molecular weight excluding hydrogens is 178 g/mol. The fraction of sp³-hybridized carbons (Fsp3) is 0.667. The van der Waals surface area contributed by atoms with Crippen molar-refractivity contribution in [3.63, 3.8) is 0 Å². The summed E-state index contributed by atoms with van der Waals surface area (Å²) < 4.78 is 25.8. The minimum absolute atomic E-state index is 0.583. The lowest BCUT2D eigenvalue weighted by molar-refractivity contribution is -0.123. The SMILES string of the molecule is CC(C)(F)C(=O)/C=C(\O)C(C)(C)F. The molecule has 0 fully saturated rings. The van der Waals surface area contributed by atoms with Crippen molar-refractivity contribution in [3.8, 4) is 0 Å². The van der Waals surface area contributed by atoms with Crippen LogP contribution in [0.5, 0.6) is 0 Å². The van der Waals surface area contributed by atoms with Gasteiger partial charge in [0.1, 0.15) is 5.76 Å². The van der Waals surface area contributed by atoms with E-state index >= 15 is 0 Å². The lowest BCUT2D eigenvalue weighted by Crippen LogP contribution is -2.26. The van der Waals surface area contributed by atoms with Gasteiger partial charge in [-0.1, -0.05) is 0 Å². The van der Waals surface area contributed by atoms with Crippen molar-refractivity contribution < 1.29 is 18.7 Å². The zero-order valence-electron chi connectivity index (χ0n) is 8.19. The number of aliphatic hydroxyl groups is 1. The summed E-state index contributed by atoms with van der Waals surface area (Å²) in [6, 6.07) is 0. The maximum Gasteiger partial charge on any atom is 0.195 e. The average molecular weight is 192 g/mol. The van der Waals surface area contributed by atoms with Crippen molar-refractivity contribution in [2.75, 3.05) is 0 Å². The van der Waals surface area contributed by atoms with Crippen molar-refractivity contribution >= 4 is 5.78 Å². The lowest BCUT2D eigenvalue weighted by Gasteiger charge is -2.14. The van der Waals surface area contributed by atoms with Gasteiger partial charge in [-0.2, -0.15) is 0 Å². The molecule has 0 saturated heterocycles. The third kappa shape index (κ3) is 4.01. The predicted octanol–water partition coefficient (Wildman–Crippen LogP) is 2.49. The van der Waals surface area contributed by atoms with Crippen LogP contribution in [-0.2, 0) is 4.79 Å². The first-order chi connectivity index (χ1) is 5.55. The third-order valence-electron chi connectivity index (χ3n) is 1.46. The van der Waals surface area contributed by atoms with Gasteiger partial charge in [0.25, 0.3) is 0 Å². The molecule has 0 rings (SSSR count). The largest absolute Gasteiger partial charge is 0.509 e. The van der Waals surface area contributed by atoms with Crippen LogP contribution in [0.2, 0.25) is 0 Å². The van der Waals surface area contributed by atoms with Crippen LogP contribution in [0.3, 0.4) is 0 Å². The molecule has 0 aromatic carbocycles. The molecular formula is C9H14F2O2. The van der Waals surface area contributed by atoms with Crippen LogP contribution >= 0.6 is 0 Å². The summed E-state index contributed by atoms with van der Waals surface area (Å²) in [4.78, 5) is 10.9. The number of ketones is 1. The number of alkyl halides is 2. The minimum atomic E-state index is -2.08. The summed E-state index contributed by atoms with van der Waals surface area (Å²) in [6.07, 6.45) is 0.583. The van der Waals surface area contributed by atoms with E-state index in [1.807, 2.05) is 0 Å². The molecule has 76 valence electrons. The fourth-order valence-electron chi connectivity index (χ4n) is 0.467. The number of carbonyl (C=O) groups excluding carboxylic acids is 1. The smallest absolute Gasteiger partial charge is 0.195 e. The Kier molecular flexibility index (Phi) is 3.19. The molecule has 0 aliphatic carbocycles. The summed E-state index contributed by atoms with van der Waals surface area (Å²) in [5.41, 5.74) is -4.10. The first-order valence-electron chi connectivity index (χ1n) is 3.88. The second-order valence-electron chi connectivity index (χ2n) is 3.84. The van der Waals surface area contributed by atoms with E-state index in [-0.39, 0.29) is 0 Å². The van der Waals surface area contributed by atoms with Gasteiger partial charge in [0.05, 0.1) is 0 Å². The van der Waals surface area contributed by atoms with Crippen molar-refractivity contribution in [2.45, 2.75) is 39.0 Å². The van der Waals surface area contributed by atoms with E-state index < -0.39 is 22.9 Å². The summed E-state index contributed by atoms with van der Waals surface area (Å²) in [5.74, 6) is -1.71. The number of rotatable bonds is 3. The van der Waals surface area contributed by atoms with Crippen molar-refractivity contribution in [1.29, 1.82) is 0 Å². The Morgan fingerprint density at radius 2 is 1.54 bits per heavy atom. The Morgan fingerprint density at radius 3 is 1.77 bits per heavy atom. The van der Waals surface area contributed by atoms with Gasteiger partial charge in [0, 0.05) is 6.08 Å². The third-order valence-corrected chi connectivity index (χ3v) is 1.46. The number of carbonyl (C=O) groups is 1. The van der Waals surface area contributed by atoms with Crippen molar-refractivity contribution in [1.82, 2.24) is 0 Å². The molecule has 2 nitrogen and oxygen atoms in total. The Labute approximate surface area is 76.3 Å². The average Bonchev–Trinajstić information content (AvgIpc) is 1.82. The number of halogens is 2. The van der Waals surface area contributed by atoms with Gasteiger partial charge in [-0.25, -0.2) is 8.78 Å². The summed E-state index contributed by atoms with van der Waals surface area (Å²) in [5, 5.41) is 9.02. The molecule has 0 aliphatic rings. The number of hydrogen-bond donors (Lipinski definition) is 1. The fourth-order valence-corrected chi connectivity index (χ4v) is 0.467. The van der Waals surface area contributed by atoms with Gasteiger partial charge in [-0.3, -0.25) is 4.79 Å².